The zero-order chi connectivity index (χ0) is 14.8. The smallest absolute Gasteiger partial charge is 0.170 e. The van der Waals surface area contributed by atoms with Gasteiger partial charge >= 0.3 is 0 Å². The Morgan fingerprint density at radius 2 is 2.24 bits per heavy atom. The van der Waals surface area contributed by atoms with E-state index in [1.54, 1.807) is 17.5 Å². The maximum atomic E-state index is 9.32. The van der Waals surface area contributed by atoms with Gasteiger partial charge in [0.25, 0.3) is 0 Å². The van der Waals surface area contributed by atoms with Gasteiger partial charge in [-0.15, -0.1) is 11.3 Å². The molecule has 0 amide bonds. The number of halogens is 1. The molecular formula is C14H14BrN3OS2. The summed E-state index contributed by atoms with van der Waals surface area (Å²) < 4.78 is 1.08. The van der Waals surface area contributed by atoms with Crippen LogP contribution in [-0.4, -0.2) is 33.3 Å². The van der Waals surface area contributed by atoms with E-state index in [0.29, 0.717) is 11.7 Å². The lowest BCUT2D eigenvalue weighted by Gasteiger charge is -2.25. The highest BCUT2D eigenvalue weighted by Crippen LogP contribution is 2.41. The minimum absolute atomic E-state index is 0.00389. The van der Waals surface area contributed by atoms with Crippen LogP contribution >= 0.6 is 39.5 Å². The van der Waals surface area contributed by atoms with Crippen molar-refractivity contribution in [3.63, 3.8) is 0 Å². The number of hydrogen-bond donors (Lipinski definition) is 2. The van der Waals surface area contributed by atoms with Gasteiger partial charge in [0.15, 0.2) is 5.11 Å². The summed E-state index contributed by atoms with van der Waals surface area (Å²) in [6, 6.07) is 10.1. The van der Waals surface area contributed by atoms with Crippen molar-refractivity contribution in [2.24, 2.45) is 0 Å². The quantitative estimate of drug-likeness (QED) is 0.794. The molecule has 0 spiro atoms. The molecule has 7 heteroatoms. The van der Waals surface area contributed by atoms with E-state index in [-0.39, 0.29) is 18.7 Å². The van der Waals surface area contributed by atoms with Crippen LogP contribution < -0.4 is 5.32 Å². The van der Waals surface area contributed by atoms with Gasteiger partial charge in [-0.1, -0.05) is 6.07 Å². The summed E-state index contributed by atoms with van der Waals surface area (Å²) >= 11 is 10.6. The van der Waals surface area contributed by atoms with Crippen LogP contribution in [0, 0.1) is 0 Å². The molecule has 2 atom stereocenters. The van der Waals surface area contributed by atoms with E-state index < -0.39 is 0 Å². The van der Waals surface area contributed by atoms with Gasteiger partial charge in [0.05, 0.1) is 28.2 Å². The van der Waals surface area contributed by atoms with E-state index >= 15 is 0 Å². The molecule has 1 aliphatic heterocycles. The fourth-order valence-electron chi connectivity index (χ4n) is 2.55. The molecule has 0 bridgehead atoms. The van der Waals surface area contributed by atoms with Crippen LogP contribution in [0.25, 0.3) is 0 Å². The van der Waals surface area contributed by atoms with E-state index in [0.717, 1.165) is 9.48 Å². The summed E-state index contributed by atoms with van der Waals surface area (Å²) in [5, 5.41) is 13.3. The molecule has 0 unspecified atom stereocenters. The van der Waals surface area contributed by atoms with E-state index in [2.05, 4.69) is 32.3 Å². The number of aromatic nitrogens is 1. The maximum Gasteiger partial charge on any atom is 0.170 e. The Hall–Kier alpha value is -1.02. The lowest BCUT2D eigenvalue weighted by molar-refractivity contribution is 0.224. The molecule has 1 aliphatic rings. The molecule has 3 heterocycles. The molecule has 2 aromatic rings. The molecule has 1 fully saturated rings. The summed E-state index contributed by atoms with van der Waals surface area (Å²) in [4.78, 5) is 7.68. The van der Waals surface area contributed by atoms with Crippen LogP contribution in [0.2, 0.25) is 0 Å². The molecule has 3 rings (SSSR count). The first-order valence-corrected chi connectivity index (χ1v) is 8.56. The second kappa shape index (κ2) is 6.39. The monoisotopic (exact) mass is 383 g/mol. The van der Waals surface area contributed by atoms with Crippen LogP contribution in [-0.2, 0) is 0 Å². The first kappa shape index (κ1) is 14.9. The Labute approximate surface area is 140 Å². The number of nitrogens with one attached hydrogen (secondary N) is 1. The van der Waals surface area contributed by atoms with Crippen molar-refractivity contribution < 1.29 is 5.11 Å². The molecule has 2 aromatic heterocycles. The molecule has 0 radical (unpaired) electrons. The summed E-state index contributed by atoms with van der Waals surface area (Å²) in [6.45, 7) is 0.579. The zero-order valence-electron chi connectivity index (χ0n) is 11.1. The van der Waals surface area contributed by atoms with E-state index in [9.17, 15) is 5.11 Å². The van der Waals surface area contributed by atoms with Crippen LogP contribution in [0.5, 0.6) is 0 Å². The van der Waals surface area contributed by atoms with Gasteiger partial charge in [0, 0.05) is 17.6 Å². The summed E-state index contributed by atoms with van der Waals surface area (Å²) in [6.07, 6.45) is 1.79. The van der Waals surface area contributed by atoms with Crippen LogP contribution in [0.4, 0.5) is 0 Å². The second-order valence-corrected chi connectivity index (χ2v) is 7.57. The SMILES string of the molecule is OCCN1C(=S)N[C@H](c2ccccn2)[C@@H]1c1ccc(Br)s1. The maximum absolute atomic E-state index is 9.32. The van der Waals surface area contributed by atoms with Crippen LogP contribution in [0.3, 0.4) is 0 Å². The third-order valence-electron chi connectivity index (χ3n) is 3.42. The molecule has 2 N–H and O–H groups in total. The van der Waals surface area contributed by atoms with Crippen molar-refractivity contribution in [1.82, 2.24) is 15.2 Å². The van der Waals surface area contributed by atoms with Crippen molar-refractivity contribution in [3.05, 3.63) is 50.9 Å². The minimum Gasteiger partial charge on any atom is -0.395 e. The summed E-state index contributed by atoms with van der Waals surface area (Å²) in [7, 11) is 0. The number of nitrogens with zero attached hydrogens (tertiary/aromatic N) is 2. The highest BCUT2D eigenvalue weighted by molar-refractivity contribution is 9.11. The van der Waals surface area contributed by atoms with Crippen LogP contribution in [0.15, 0.2) is 40.3 Å². The lowest BCUT2D eigenvalue weighted by Crippen LogP contribution is -2.31. The Balaban J connectivity index is 2.00. The highest BCUT2D eigenvalue weighted by atomic mass is 79.9. The number of thiocarbonyl (C=S) groups is 1. The number of pyridine rings is 1. The highest BCUT2D eigenvalue weighted by Gasteiger charge is 2.40. The van der Waals surface area contributed by atoms with Gasteiger partial charge in [0.2, 0.25) is 0 Å². The van der Waals surface area contributed by atoms with E-state index in [1.165, 1.54) is 4.88 Å². The Kier molecular flexibility index (Phi) is 4.54. The molecule has 4 nitrogen and oxygen atoms in total. The van der Waals surface area contributed by atoms with Gasteiger partial charge in [-0.25, -0.2) is 0 Å². The van der Waals surface area contributed by atoms with Gasteiger partial charge in [-0.2, -0.15) is 0 Å². The van der Waals surface area contributed by atoms with Crippen molar-refractivity contribution in [1.29, 1.82) is 0 Å². The first-order valence-electron chi connectivity index (χ1n) is 6.55. The topological polar surface area (TPSA) is 48.4 Å². The van der Waals surface area contributed by atoms with Gasteiger partial charge < -0.3 is 15.3 Å². The molecule has 1 saturated heterocycles. The van der Waals surface area contributed by atoms with E-state index in [1.807, 2.05) is 29.2 Å². The normalized spacial score (nSPS) is 21.6. The predicted octanol–water partition coefficient (Wildman–Crippen LogP) is 2.87. The average molecular weight is 384 g/mol. The number of rotatable bonds is 4. The van der Waals surface area contributed by atoms with Gasteiger partial charge in [-0.05, 0) is 52.4 Å². The zero-order valence-corrected chi connectivity index (χ0v) is 14.3. The fraction of sp³-hybridized carbons (Fsp3) is 0.286. The molecule has 0 aliphatic carbocycles. The van der Waals surface area contributed by atoms with Gasteiger partial charge in [-0.3, -0.25) is 4.98 Å². The number of aliphatic hydroxyl groups is 1. The van der Waals surface area contributed by atoms with Crippen molar-refractivity contribution in [2.45, 2.75) is 12.1 Å². The number of thiophene rings is 1. The molecular weight excluding hydrogens is 370 g/mol. The third-order valence-corrected chi connectivity index (χ3v) is 5.47. The molecule has 0 saturated carbocycles. The summed E-state index contributed by atoms with van der Waals surface area (Å²) in [5.74, 6) is 0. The largest absolute Gasteiger partial charge is 0.395 e. The van der Waals surface area contributed by atoms with Crippen molar-refractivity contribution in [2.75, 3.05) is 13.2 Å². The van der Waals surface area contributed by atoms with Crippen molar-refractivity contribution >= 4 is 44.6 Å². The average Bonchev–Trinajstić information content (AvgIpc) is 3.05. The minimum atomic E-state index is -0.00389. The summed E-state index contributed by atoms with van der Waals surface area (Å²) in [5.41, 5.74) is 0.954. The molecule has 0 aromatic carbocycles. The lowest BCUT2D eigenvalue weighted by atomic mass is 10.0. The van der Waals surface area contributed by atoms with E-state index in [4.69, 9.17) is 12.2 Å². The Morgan fingerprint density at radius 3 is 2.86 bits per heavy atom. The van der Waals surface area contributed by atoms with Crippen molar-refractivity contribution in [3.8, 4) is 0 Å². The Bertz CT molecular complexity index is 634. The molecule has 21 heavy (non-hydrogen) atoms. The predicted molar refractivity (Wildman–Crippen MR) is 91.3 cm³/mol. The van der Waals surface area contributed by atoms with Crippen LogP contribution in [0.1, 0.15) is 22.7 Å². The van der Waals surface area contributed by atoms with Gasteiger partial charge in [0.1, 0.15) is 0 Å². The third kappa shape index (κ3) is 2.96. The Morgan fingerprint density at radius 1 is 1.38 bits per heavy atom. The standard InChI is InChI=1S/C14H14BrN3OS2/c15-11-5-4-10(21-11)13-12(9-3-1-2-6-16-9)17-14(20)18(13)7-8-19/h1-6,12-13,19H,7-8H2,(H,17,20)/t12-,13+/m1/s1. The number of aliphatic hydroxyl groups excluding tert-OH is 1. The fourth-order valence-corrected chi connectivity index (χ4v) is 4.46. The first-order chi connectivity index (χ1) is 10.2. The number of hydrogen-bond acceptors (Lipinski definition) is 4. The molecule has 110 valence electrons. The number of β-amino-alcohol motifs (C(OH)–C–C–N with tert-alkyl or cyclic N) is 1. The second-order valence-electron chi connectivity index (χ2n) is 4.69.